The number of rotatable bonds is 6. The summed E-state index contributed by atoms with van der Waals surface area (Å²) >= 11 is 0. The van der Waals surface area contributed by atoms with Crippen LogP contribution >= 0.6 is 0 Å². The van der Waals surface area contributed by atoms with E-state index in [1.165, 1.54) is 0 Å². The van der Waals surface area contributed by atoms with Crippen LogP contribution in [0.4, 0.5) is 0 Å². The highest BCUT2D eigenvalue weighted by atomic mass is 16.3. The predicted octanol–water partition coefficient (Wildman–Crippen LogP) is -1.76. The molecule has 0 fully saturated rings. The average molecular weight is 230 g/mol. The summed E-state index contributed by atoms with van der Waals surface area (Å²) in [6.45, 7) is -1.26. The topological polar surface area (TPSA) is 142 Å². The molecular formula is C7H12N5O4+. The molecule has 0 atom stereocenters. The Labute approximate surface area is 90.7 Å². The van der Waals surface area contributed by atoms with Gasteiger partial charge in [-0.15, -0.1) is 0 Å². The fourth-order valence-electron chi connectivity index (χ4n) is 0.573. The van der Waals surface area contributed by atoms with E-state index in [0.717, 1.165) is 0 Å². The Morgan fingerprint density at radius 3 is 2.56 bits per heavy atom. The van der Waals surface area contributed by atoms with Crippen LogP contribution in [0.15, 0.2) is 17.2 Å². The number of diazo groups is 1. The number of nitrogens with zero attached hydrogens (tertiary/aromatic N) is 3. The number of amides is 1. The number of aliphatic hydroxyl groups is 3. The molecule has 0 saturated carbocycles. The third kappa shape index (κ3) is 6.30. The average Bonchev–Trinajstić information content (AvgIpc) is 2.28. The fraction of sp³-hybridized carbons (Fsp3) is 0.429. The van der Waals surface area contributed by atoms with E-state index in [1.807, 2.05) is 5.43 Å². The molecule has 0 bridgehead atoms. The molecule has 16 heavy (non-hydrogen) atoms. The number of hydrazone groups is 1. The SMILES string of the molecule is N#[N+]C=C(O)NCC(=O)NN=C(CO)CO. The van der Waals surface area contributed by atoms with Crippen molar-refractivity contribution in [2.45, 2.75) is 0 Å². The fourth-order valence-corrected chi connectivity index (χ4v) is 0.573. The Bertz CT molecular complexity index is 326. The third-order valence-electron chi connectivity index (χ3n) is 1.31. The molecule has 1 amide bonds. The minimum absolute atomic E-state index is 0.00141. The van der Waals surface area contributed by atoms with Crippen LogP contribution in [0.1, 0.15) is 0 Å². The van der Waals surface area contributed by atoms with Gasteiger partial charge in [0.15, 0.2) is 4.98 Å². The molecule has 0 aliphatic heterocycles. The quantitative estimate of drug-likeness (QED) is 0.158. The molecule has 0 aliphatic rings. The van der Waals surface area contributed by atoms with E-state index in [1.54, 1.807) is 0 Å². The molecule has 0 aliphatic carbocycles. The van der Waals surface area contributed by atoms with E-state index in [2.05, 4.69) is 15.4 Å². The van der Waals surface area contributed by atoms with Crippen molar-refractivity contribution in [3.8, 4) is 0 Å². The lowest BCUT2D eigenvalue weighted by molar-refractivity contribution is -0.120. The molecule has 0 radical (unpaired) electrons. The highest BCUT2D eigenvalue weighted by Crippen LogP contribution is 1.81. The standard InChI is InChI=1S/C7H11N5O4/c8-10-2-6(15)9-1-7(16)12-11-5(3-13)4-14/h2,9,13-14H,1,3-4H2,(H-,12,15,16)/p+1. The number of hydrogen-bond donors (Lipinski definition) is 5. The first-order valence-electron chi connectivity index (χ1n) is 4.17. The summed E-state index contributed by atoms with van der Waals surface area (Å²) in [6, 6.07) is 0. The second kappa shape index (κ2) is 8.16. The molecule has 9 heteroatoms. The Morgan fingerprint density at radius 2 is 2.06 bits per heavy atom. The second-order valence-electron chi connectivity index (χ2n) is 2.51. The molecule has 0 spiro atoms. The van der Waals surface area contributed by atoms with Gasteiger partial charge in [0.25, 0.3) is 11.8 Å². The molecule has 9 nitrogen and oxygen atoms in total. The number of nitrogens with one attached hydrogen (secondary N) is 2. The summed E-state index contributed by atoms with van der Waals surface area (Å²) in [6.07, 6.45) is 0.698. The molecule has 0 saturated heterocycles. The monoisotopic (exact) mass is 230 g/mol. The van der Waals surface area contributed by atoms with Crippen molar-refractivity contribution in [3.05, 3.63) is 17.1 Å². The molecule has 0 aromatic carbocycles. The van der Waals surface area contributed by atoms with Crippen LogP contribution in [-0.4, -0.2) is 46.7 Å². The summed E-state index contributed by atoms with van der Waals surface area (Å²) in [5.74, 6) is -1.11. The van der Waals surface area contributed by atoms with E-state index in [0.29, 0.717) is 6.20 Å². The number of carbonyl (C=O) groups excluding carboxylic acids is 1. The van der Waals surface area contributed by atoms with Gasteiger partial charge in [0.2, 0.25) is 5.39 Å². The van der Waals surface area contributed by atoms with Crippen LogP contribution in [0, 0.1) is 5.39 Å². The maximum atomic E-state index is 11.0. The highest BCUT2D eigenvalue weighted by Gasteiger charge is 2.04. The Morgan fingerprint density at radius 1 is 1.44 bits per heavy atom. The van der Waals surface area contributed by atoms with Gasteiger partial charge in [-0.2, -0.15) is 5.10 Å². The van der Waals surface area contributed by atoms with Gasteiger partial charge in [-0.05, 0) is 0 Å². The van der Waals surface area contributed by atoms with Crippen molar-refractivity contribution < 1.29 is 20.1 Å². The largest absolute Gasteiger partial charge is 0.490 e. The minimum Gasteiger partial charge on any atom is -0.490 e. The van der Waals surface area contributed by atoms with E-state index in [-0.39, 0.29) is 12.3 Å². The third-order valence-corrected chi connectivity index (χ3v) is 1.31. The molecule has 0 aromatic rings. The Hall–Kier alpha value is -2.18. The molecular weight excluding hydrogens is 218 g/mol. The van der Waals surface area contributed by atoms with Crippen molar-refractivity contribution in [2.75, 3.05) is 19.8 Å². The number of carbonyl (C=O) groups is 1. The lowest BCUT2D eigenvalue weighted by atomic mass is 10.4. The van der Waals surface area contributed by atoms with Gasteiger partial charge < -0.3 is 20.6 Å². The van der Waals surface area contributed by atoms with E-state index >= 15 is 0 Å². The van der Waals surface area contributed by atoms with E-state index < -0.39 is 25.0 Å². The minimum atomic E-state index is -0.614. The Balaban J connectivity index is 3.97. The second-order valence-corrected chi connectivity index (χ2v) is 2.51. The van der Waals surface area contributed by atoms with Gasteiger partial charge in [0.1, 0.15) is 0 Å². The van der Waals surface area contributed by atoms with Crippen molar-refractivity contribution in [1.82, 2.24) is 10.7 Å². The van der Waals surface area contributed by atoms with Crippen molar-refractivity contribution in [2.24, 2.45) is 5.10 Å². The van der Waals surface area contributed by atoms with Crippen LogP contribution < -0.4 is 10.7 Å². The first kappa shape index (κ1) is 13.8. The molecule has 0 aromatic heterocycles. The summed E-state index contributed by atoms with van der Waals surface area (Å²) in [5.41, 5.74) is 2.02. The zero-order valence-corrected chi connectivity index (χ0v) is 8.29. The maximum absolute atomic E-state index is 11.0. The van der Waals surface area contributed by atoms with Crippen molar-refractivity contribution in [3.63, 3.8) is 0 Å². The van der Waals surface area contributed by atoms with Gasteiger partial charge in [0, 0.05) is 0 Å². The summed E-state index contributed by atoms with van der Waals surface area (Å²) in [5, 5.41) is 39.6. The van der Waals surface area contributed by atoms with Gasteiger partial charge in [0.05, 0.1) is 25.5 Å². The van der Waals surface area contributed by atoms with Gasteiger partial charge in [-0.3, -0.25) is 4.79 Å². The number of hydrogen-bond acceptors (Lipinski definition) is 7. The Kier molecular flexibility index (Phi) is 7.04. The van der Waals surface area contributed by atoms with Gasteiger partial charge >= 0.3 is 6.20 Å². The van der Waals surface area contributed by atoms with Crippen LogP contribution in [-0.2, 0) is 4.79 Å². The molecule has 5 N–H and O–H groups in total. The summed E-state index contributed by atoms with van der Waals surface area (Å²) < 4.78 is 0. The van der Waals surface area contributed by atoms with E-state index in [9.17, 15) is 4.79 Å². The van der Waals surface area contributed by atoms with Crippen LogP contribution in [0.5, 0.6) is 0 Å². The molecule has 0 unspecified atom stereocenters. The molecule has 88 valence electrons. The van der Waals surface area contributed by atoms with Crippen LogP contribution in [0.3, 0.4) is 0 Å². The lowest BCUT2D eigenvalue weighted by Gasteiger charge is -2.02. The zero-order chi connectivity index (χ0) is 12.4. The normalized spacial score (nSPS) is 10.2. The summed E-state index contributed by atoms with van der Waals surface area (Å²) in [7, 11) is 0. The zero-order valence-electron chi connectivity index (χ0n) is 8.29. The van der Waals surface area contributed by atoms with Crippen molar-refractivity contribution >= 4 is 11.6 Å². The van der Waals surface area contributed by atoms with Gasteiger partial charge in [-0.1, -0.05) is 0 Å². The smallest absolute Gasteiger partial charge is 0.409 e. The lowest BCUT2D eigenvalue weighted by Crippen LogP contribution is -2.32. The highest BCUT2D eigenvalue weighted by molar-refractivity contribution is 5.88. The van der Waals surface area contributed by atoms with E-state index in [4.69, 9.17) is 20.7 Å². The summed E-state index contributed by atoms with van der Waals surface area (Å²) in [4.78, 5) is 13.5. The van der Waals surface area contributed by atoms with Gasteiger partial charge in [-0.25, -0.2) is 5.43 Å². The maximum Gasteiger partial charge on any atom is 0.409 e. The van der Waals surface area contributed by atoms with Crippen LogP contribution in [0.2, 0.25) is 0 Å². The first-order chi connectivity index (χ1) is 7.63. The van der Waals surface area contributed by atoms with Crippen molar-refractivity contribution in [1.29, 1.82) is 5.39 Å². The molecule has 0 rings (SSSR count). The predicted molar refractivity (Wildman–Crippen MR) is 53.5 cm³/mol. The first-order valence-corrected chi connectivity index (χ1v) is 4.17. The molecule has 0 heterocycles. The number of aliphatic hydroxyl groups excluding tert-OH is 3. The van der Waals surface area contributed by atoms with Crippen LogP contribution in [0.25, 0.3) is 4.98 Å².